The second kappa shape index (κ2) is 6.10. The summed E-state index contributed by atoms with van der Waals surface area (Å²) in [5.74, 6) is 0.0337. The summed E-state index contributed by atoms with van der Waals surface area (Å²) >= 11 is 0. The van der Waals surface area contributed by atoms with Crippen molar-refractivity contribution in [3.63, 3.8) is 0 Å². The Morgan fingerprint density at radius 1 is 0.913 bits per heavy atom. The maximum absolute atomic E-state index is 12.1. The molecule has 0 saturated heterocycles. The summed E-state index contributed by atoms with van der Waals surface area (Å²) in [6, 6.07) is 18.8. The zero-order valence-corrected chi connectivity index (χ0v) is 12.9. The molecule has 2 N–H and O–H groups in total. The van der Waals surface area contributed by atoms with Crippen molar-refractivity contribution < 1.29 is 13.5 Å². The van der Waals surface area contributed by atoms with Crippen LogP contribution >= 0.6 is 0 Å². The molecule has 3 rings (SSSR count). The molecule has 0 aliphatic carbocycles. The smallest absolute Gasteiger partial charge is 0.276 e. The van der Waals surface area contributed by atoms with Crippen molar-refractivity contribution in [2.24, 2.45) is 5.10 Å². The van der Waals surface area contributed by atoms with E-state index in [1.807, 2.05) is 24.3 Å². The Bertz CT molecular complexity index is 968. The van der Waals surface area contributed by atoms with E-state index >= 15 is 0 Å². The van der Waals surface area contributed by atoms with E-state index in [2.05, 4.69) is 9.93 Å². The number of phenols is 1. The van der Waals surface area contributed by atoms with Crippen molar-refractivity contribution in [1.29, 1.82) is 0 Å². The summed E-state index contributed by atoms with van der Waals surface area (Å²) in [7, 11) is -3.73. The van der Waals surface area contributed by atoms with Gasteiger partial charge < -0.3 is 5.11 Å². The van der Waals surface area contributed by atoms with E-state index in [-0.39, 0.29) is 10.6 Å². The average Bonchev–Trinajstić information content (AvgIpc) is 2.57. The third kappa shape index (κ3) is 3.17. The van der Waals surface area contributed by atoms with Crippen LogP contribution in [0.25, 0.3) is 10.8 Å². The molecule has 6 heteroatoms. The number of sulfonamides is 1. The van der Waals surface area contributed by atoms with Gasteiger partial charge in [0.25, 0.3) is 10.0 Å². The number of fused-ring (bicyclic) bond motifs is 1. The highest BCUT2D eigenvalue weighted by atomic mass is 32.2. The minimum absolute atomic E-state index is 0.0337. The number of nitrogens with one attached hydrogen (secondary N) is 1. The third-order valence-corrected chi connectivity index (χ3v) is 4.61. The normalized spacial score (nSPS) is 11.8. The molecule has 0 radical (unpaired) electrons. The topological polar surface area (TPSA) is 78.8 Å². The average molecular weight is 326 g/mol. The van der Waals surface area contributed by atoms with Crippen LogP contribution in [-0.4, -0.2) is 19.7 Å². The zero-order valence-electron chi connectivity index (χ0n) is 12.0. The number of hydrogen-bond donors (Lipinski definition) is 2. The number of nitrogens with zero attached hydrogens (tertiary/aromatic N) is 1. The van der Waals surface area contributed by atoms with Crippen molar-refractivity contribution in [2.75, 3.05) is 0 Å². The maximum atomic E-state index is 12.1. The molecule has 0 spiro atoms. The number of rotatable bonds is 4. The highest BCUT2D eigenvalue weighted by Crippen LogP contribution is 2.25. The van der Waals surface area contributed by atoms with Crippen LogP contribution in [0.2, 0.25) is 0 Å². The lowest BCUT2D eigenvalue weighted by Gasteiger charge is -2.05. The fourth-order valence-corrected chi connectivity index (χ4v) is 3.04. The van der Waals surface area contributed by atoms with Crippen molar-refractivity contribution in [3.05, 3.63) is 72.3 Å². The molecule has 0 aliphatic rings. The minimum atomic E-state index is -3.73. The van der Waals surface area contributed by atoms with E-state index in [0.29, 0.717) is 5.56 Å². The molecule has 3 aromatic rings. The fraction of sp³-hybridized carbons (Fsp3) is 0. The van der Waals surface area contributed by atoms with Gasteiger partial charge in [-0.05, 0) is 29.0 Å². The van der Waals surface area contributed by atoms with E-state index < -0.39 is 10.0 Å². The summed E-state index contributed by atoms with van der Waals surface area (Å²) in [6.07, 6.45) is 1.30. The minimum Gasteiger partial charge on any atom is -0.507 e. The van der Waals surface area contributed by atoms with Gasteiger partial charge in [-0.15, -0.1) is 0 Å². The summed E-state index contributed by atoms with van der Waals surface area (Å²) in [5.41, 5.74) is 0.457. The molecule has 0 fully saturated rings. The molecule has 0 aromatic heterocycles. The Kier molecular flexibility index (Phi) is 3.99. The van der Waals surface area contributed by atoms with Crippen LogP contribution in [0.1, 0.15) is 5.56 Å². The second-order valence-corrected chi connectivity index (χ2v) is 6.55. The van der Waals surface area contributed by atoms with Crippen LogP contribution < -0.4 is 4.83 Å². The second-order valence-electron chi connectivity index (χ2n) is 4.89. The highest BCUT2D eigenvalue weighted by molar-refractivity contribution is 7.89. The summed E-state index contributed by atoms with van der Waals surface area (Å²) < 4.78 is 24.2. The fourth-order valence-electron chi connectivity index (χ4n) is 2.23. The Hall–Kier alpha value is -2.86. The highest BCUT2D eigenvalue weighted by Gasteiger charge is 2.11. The summed E-state index contributed by atoms with van der Waals surface area (Å²) in [4.78, 5) is 2.27. The molecule has 0 unspecified atom stereocenters. The first kappa shape index (κ1) is 15.1. The molecular formula is C17H14N2O3S. The number of hydrogen-bond acceptors (Lipinski definition) is 4. The van der Waals surface area contributed by atoms with Crippen LogP contribution in [0.3, 0.4) is 0 Å². The molecular weight excluding hydrogens is 312 g/mol. The monoisotopic (exact) mass is 326 g/mol. The molecule has 3 aromatic carbocycles. The standard InChI is InChI=1S/C17H14N2O3S/c20-17-11-10-13-6-4-5-9-15(13)16(17)12-18-19-23(21,22)14-7-2-1-3-8-14/h1-12,19-20H. The van der Waals surface area contributed by atoms with Crippen LogP contribution in [0.4, 0.5) is 0 Å². The first-order valence-corrected chi connectivity index (χ1v) is 8.37. The van der Waals surface area contributed by atoms with Gasteiger partial charge in [0.05, 0.1) is 11.1 Å². The van der Waals surface area contributed by atoms with Crippen LogP contribution in [0.15, 0.2) is 76.7 Å². The largest absolute Gasteiger partial charge is 0.507 e. The number of hydrazone groups is 1. The van der Waals surface area contributed by atoms with Gasteiger partial charge in [-0.25, -0.2) is 4.83 Å². The van der Waals surface area contributed by atoms with Crippen LogP contribution in [-0.2, 0) is 10.0 Å². The Labute approximate surface area is 134 Å². The molecule has 0 atom stereocenters. The van der Waals surface area contributed by atoms with Gasteiger partial charge in [0.15, 0.2) is 0 Å². The number of aromatic hydroxyl groups is 1. The summed E-state index contributed by atoms with van der Waals surface area (Å²) in [6.45, 7) is 0. The van der Waals surface area contributed by atoms with Gasteiger partial charge in [-0.2, -0.15) is 13.5 Å². The van der Waals surface area contributed by atoms with Crippen molar-refractivity contribution in [3.8, 4) is 5.75 Å². The predicted octanol–water partition coefficient (Wildman–Crippen LogP) is 2.86. The molecule has 0 bridgehead atoms. The molecule has 23 heavy (non-hydrogen) atoms. The summed E-state index contributed by atoms with van der Waals surface area (Å²) in [5, 5.41) is 15.5. The van der Waals surface area contributed by atoms with Crippen molar-refractivity contribution in [2.45, 2.75) is 4.90 Å². The zero-order chi connectivity index (χ0) is 16.3. The molecule has 0 heterocycles. The lowest BCUT2D eigenvalue weighted by molar-refractivity contribution is 0.475. The first-order chi connectivity index (χ1) is 11.1. The van der Waals surface area contributed by atoms with E-state index in [0.717, 1.165) is 10.8 Å². The van der Waals surface area contributed by atoms with E-state index in [1.54, 1.807) is 30.3 Å². The van der Waals surface area contributed by atoms with E-state index in [1.165, 1.54) is 18.3 Å². The van der Waals surface area contributed by atoms with Gasteiger partial charge in [0.2, 0.25) is 0 Å². The van der Waals surface area contributed by atoms with E-state index in [9.17, 15) is 13.5 Å². The molecule has 5 nitrogen and oxygen atoms in total. The van der Waals surface area contributed by atoms with Crippen LogP contribution in [0.5, 0.6) is 5.75 Å². The lowest BCUT2D eigenvalue weighted by atomic mass is 10.0. The number of phenolic OH excluding ortho intramolecular Hbond substituents is 1. The Balaban J connectivity index is 1.91. The first-order valence-electron chi connectivity index (χ1n) is 6.88. The third-order valence-electron chi connectivity index (χ3n) is 3.37. The molecule has 116 valence electrons. The molecule has 0 aliphatic heterocycles. The number of benzene rings is 3. The van der Waals surface area contributed by atoms with Crippen LogP contribution in [0, 0.1) is 0 Å². The quantitative estimate of drug-likeness (QED) is 0.571. The van der Waals surface area contributed by atoms with E-state index in [4.69, 9.17) is 0 Å². The van der Waals surface area contributed by atoms with Gasteiger partial charge >= 0.3 is 0 Å². The maximum Gasteiger partial charge on any atom is 0.276 e. The Morgan fingerprint density at radius 2 is 1.61 bits per heavy atom. The lowest BCUT2D eigenvalue weighted by Crippen LogP contribution is -2.18. The molecule has 0 saturated carbocycles. The van der Waals surface area contributed by atoms with Gasteiger partial charge in [-0.1, -0.05) is 48.5 Å². The van der Waals surface area contributed by atoms with Gasteiger partial charge in [0, 0.05) is 5.56 Å². The Morgan fingerprint density at radius 3 is 2.39 bits per heavy atom. The molecule has 0 amide bonds. The van der Waals surface area contributed by atoms with Gasteiger partial charge in [0.1, 0.15) is 5.75 Å². The van der Waals surface area contributed by atoms with Gasteiger partial charge in [-0.3, -0.25) is 0 Å². The SMILES string of the molecule is O=S(=O)(NN=Cc1c(O)ccc2ccccc12)c1ccccc1. The van der Waals surface area contributed by atoms with Crippen molar-refractivity contribution >= 4 is 27.0 Å². The van der Waals surface area contributed by atoms with Crippen molar-refractivity contribution in [1.82, 2.24) is 4.83 Å². The predicted molar refractivity (Wildman–Crippen MR) is 90.0 cm³/mol.